The summed E-state index contributed by atoms with van der Waals surface area (Å²) >= 11 is 0. The number of unbranched alkanes of at least 4 members (excludes halogenated alkanes) is 1. The third kappa shape index (κ3) is 32.8. The van der Waals surface area contributed by atoms with E-state index in [1.807, 2.05) is 6.92 Å². The average molecular weight is 778 g/mol. The van der Waals surface area contributed by atoms with Gasteiger partial charge in [-0.3, -0.25) is 9.59 Å². The molecule has 0 radical (unpaired) electrons. The zero-order valence-corrected chi connectivity index (χ0v) is 28.1. The summed E-state index contributed by atoms with van der Waals surface area (Å²) in [6.07, 6.45) is -9.66. The number of nitrogens with two attached hydrogens (primary N) is 2. The molecule has 0 spiro atoms. The van der Waals surface area contributed by atoms with Crippen molar-refractivity contribution in [3.05, 3.63) is 29.8 Å². The van der Waals surface area contributed by atoms with Crippen molar-refractivity contribution in [1.82, 2.24) is 10.6 Å². The molecule has 1 rings (SSSR count). The summed E-state index contributed by atoms with van der Waals surface area (Å²) in [5.41, 5.74) is 4.75. The van der Waals surface area contributed by atoms with Gasteiger partial charge in [-0.1, -0.05) is 19.1 Å². The number of nitrogens with one attached hydrogen (secondary N) is 2. The van der Waals surface area contributed by atoms with Crippen molar-refractivity contribution >= 4 is 29.7 Å². The SMILES string of the molecule is CCCC(=O)N[C@@H](Cc1ccc(O)cc1)C(=O)NCCCC[NH2+]CCC[NH2+]CCC[NH3+].O=C([O-])C(F)(F)F.O=C([O-])C(F)(F)F.O=C([O-])C(F)(F)F. The number of carboxylic acid groups (broad SMARTS) is 3. The van der Waals surface area contributed by atoms with Gasteiger partial charge in [-0.15, -0.1) is 0 Å². The van der Waals surface area contributed by atoms with E-state index in [2.05, 4.69) is 27.0 Å². The second-order valence-electron chi connectivity index (χ2n) is 10.4. The highest BCUT2D eigenvalue weighted by molar-refractivity contribution is 5.87. The number of quaternary nitrogens is 3. The van der Waals surface area contributed by atoms with Crippen molar-refractivity contribution in [2.75, 3.05) is 39.3 Å². The van der Waals surface area contributed by atoms with E-state index in [9.17, 15) is 54.2 Å². The predicted octanol–water partition coefficient (Wildman–Crippen LogP) is -3.84. The largest absolute Gasteiger partial charge is 0.542 e. The Morgan fingerprint density at radius 1 is 0.731 bits per heavy atom. The monoisotopic (exact) mass is 777 g/mol. The maximum atomic E-state index is 12.6. The highest BCUT2D eigenvalue weighted by atomic mass is 19.4. The molecule has 0 saturated carbocycles. The molecule has 0 fully saturated rings. The normalized spacial score (nSPS) is 11.6. The van der Waals surface area contributed by atoms with Gasteiger partial charge in [-0.2, -0.15) is 39.5 Å². The lowest BCUT2D eigenvalue weighted by molar-refractivity contribution is -0.681. The van der Waals surface area contributed by atoms with Crippen LogP contribution in [-0.2, 0) is 30.4 Å². The van der Waals surface area contributed by atoms with Crippen LogP contribution in [0, 0.1) is 0 Å². The van der Waals surface area contributed by atoms with E-state index >= 15 is 0 Å². The number of rotatable bonds is 18. The van der Waals surface area contributed by atoms with Gasteiger partial charge in [0.15, 0.2) is 0 Å². The third-order valence-corrected chi connectivity index (χ3v) is 5.81. The lowest BCUT2D eigenvalue weighted by Crippen LogP contribution is -2.88. The number of hydrogen-bond donors (Lipinski definition) is 6. The van der Waals surface area contributed by atoms with Gasteiger partial charge in [0.05, 0.1) is 32.7 Å². The van der Waals surface area contributed by atoms with Crippen molar-refractivity contribution in [3.63, 3.8) is 0 Å². The van der Waals surface area contributed by atoms with Crippen LogP contribution in [0.25, 0.3) is 0 Å². The summed E-state index contributed by atoms with van der Waals surface area (Å²) in [6, 6.07) is 6.13. The van der Waals surface area contributed by atoms with Crippen LogP contribution in [-0.4, -0.2) is 98.7 Å². The molecule has 0 aromatic heterocycles. The van der Waals surface area contributed by atoms with Crippen LogP contribution < -0.4 is 42.3 Å². The van der Waals surface area contributed by atoms with Crippen molar-refractivity contribution < 1.29 is 100 Å². The molecule has 0 unspecified atom stereocenters. The number of aliphatic carboxylic acids is 3. The number of alkyl halides is 9. The topological polar surface area (TPSA) is 260 Å². The maximum Gasteiger partial charge on any atom is 0.430 e. The minimum Gasteiger partial charge on any atom is -0.542 e. The maximum absolute atomic E-state index is 12.6. The zero-order chi connectivity index (χ0) is 41.0. The van der Waals surface area contributed by atoms with Gasteiger partial charge < -0.3 is 61.8 Å². The minimum atomic E-state index is -5.19. The number of carbonyl (C=O) groups excluding carboxylic acids is 5. The molecule has 0 aliphatic carbocycles. The van der Waals surface area contributed by atoms with Crippen LogP contribution in [0.5, 0.6) is 5.75 Å². The van der Waals surface area contributed by atoms with Crippen molar-refractivity contribution in [2.24, 2.45) is 0 Å². The van der Waals surface area contributed by atoms with Crippen LogP contribution in [0.15, 0.2) is 24.3 Å². The van der Waals surface area contributed by atoms with Gasteiger partial charge in [0.2, 0.25) is 11.8 Å². The number of phenols is 1. The standard InChI is InChI=1S/C23H41N5O3.3C2HF3O2/c1-2-7-22(30)28-21(18-19-8-10-20(29)11-9-19)23(31)27-17-4-3-13-25-15-6-16-26-14-5-12-24;3*3-2(4,5)1(6)7/h8-11,21,25-26,29H,2-7,12-18,24H2,1H3,(H,27,31)(H,28,30);3*(H,6,7)/t21-;;;/m0.../s1. The number of carbonyl (C=O) groups is 5. The Labute approximate surface area is 292 Å². The molecule has 1 aromatic rings. The van der Waals surface area contributed by atoms with Gasteiger partial charge in [-0.05, 0) is 37.0 Å². The molecule has 0 heterocycles. The van der Waals surface area contributed by atoms with E-state index in [1.54, 1.807) is 24.3 Å². The predicted molar refractivity (Wildman–Crippen MR) is 154 cm³/mol. The Morgan fingerprint density at radius 2 is 1.13 bits per heavy atom. The van der Waals surface area contributed by atoms with Gasteiger partial charge in [0.1, 0.15) is 29.7 Å². The van der Waals surface area contributed by atoms with E-state index in [0.29, 0.717) is 19.4 Å². The molecular formula is C29H44F9N5O9. The molecule has 10 N–H and O–H groups in total. The van der Waals surface area contributed by atoms with E-state index in [-0.39, 0.29) is 17.6 Å². The molecule has 302 valence electrons. The highest BCUT2D eigenvalue weighted by Crippen LogP contribution is 2.13. The van der Waals surface area contributed by atoms with Crippen molar-refractivity contribution in [3.8, 4) is 5.75 Å². The number of amides is 2. The second kappa shape index (κ2) is 28.2. The Morgan fingerprint density at radius 3 is 1.52 bits per heavy atom. The first-order valence-corrected chi connectivity index (χ1v) is 15.5. The molecular weight excluding hydrogens is 733 g/mol. The minimum absolute atomic E-state index is 0.111. The van der Waals surface area contributed by atoms with E-state index in [1.165, 1.54) is 25.9 Å². The van der Waals surface area contributed by atoms with Gasteiger partial charge >= 0.3 is 18.5 Å². The molecule has 23 heteroatoms. The molecule has 14 nitrogen and oxygen atoms in total. The lowest BCUT2D eigenvalue weighted by atomic mass is 10.0. The lowest BCUT2D eigenvalue weighted by Gasteiger charge is -2.18. The average Bonchev–Trinajstić information content (AvgIpc) is 3.02. The van der Waals surface area contributed by atoms with E-state index in [0.717, 1.165) is 44.5 Å². The first-order chi connectivity index (χ1) is 23.9. The third-order valence-electron chi connectivity index (χ3n) is 5.81. The molecule has 2 amide bonds. The van der Waals surface area contributed by atoms with Crippen LogP contribution in [0.2, 0.25) is 0 Å². The Kier molecular flexibility index (Phi) is 28.2. The molecule has 0 bridgehead atoms. The first kappa shape index (κ1) is 52.0. The zero-order valence-electron chi connectivity index (χ0n) is 28.1. The summed E-state index contributed by atoms with van der Waals surface area (Å²) in [5.74, 6) is -9.10. The first-order valence-electron chi connectivity index (χ1n) is 15.5. The molecule has 0 saturated heterocycles. The van der Waals surface area contributed by atoms with Crippen molar-refractivity contribution in [1.29, 1.82) is 0 Å². The molecule has 1 atom stereocenters. The summed E-state index contributed by atoms with van der Waals surface area (Å²) in [6.45, 7) is 8.13. The van der Waals surface area contributed by atoms with Gasteiger partial charge in [0, 0.05) is 32.2 Å². The Balaban J connectivity index is -0.000000919. The highest BCUT2D eigenvalue weighted by Gasteiger charge is 2.30. The number of benzene rings is 1. The Hall–Kier alpha value is -4.38. The fraction of sp³-hybridized carbons (Fsp3) is 0.621. The van der Waals surface area contributed by atoms with Gasteiger partial charge in [0.25, 0.3) is 0 Å². The molecule has 52 heavy (non-hydrogen) atoms. The number of carboxylic acids is 3. The number of halogens is 9. The summed E-state index contributed by atoms with van der Waals surface area (Å²) in [7, 11) is 0. The van der Waals surface area contributed by atoms with Crippen LogP contribution >= 0.6 is 0 Å². The molecule has 0 aliphatic rings. The number of hydrogen-bond acceptors (Lipinski definition) is 9. The second-order valence-corrected chi connectivity index (χ2v) is 10.4. The fourth-order valence-electron chi connectivity index (χ4n) is 3.30. The van der Waals surface area contributed by atoms with Crippen LogP contribution in [0.1, 0.15) is 51.0 Å². The summed E-state index contributed by atoms with van der Waals surface area (Å²) < 4.78 is 94.6. The fourth-order valence-corrected chi connectivity index (χ4v) is 3.30. The van der Waals surface area contributed by atoms with Crippen molar-refractivity contribution in [2.45, 2.75) is 76.4 Å². The summed E-state index contributed by atoms with van der Waals surface area (Å²) in [4.78, 5) is 51.0. The quantitative estimate of drug-likeness (QED) is 0.0630. The number of aromatic hydroxyl groups is 1. The van der Waals surface area contributed by atoms with Crippen LogP contribution in [0.3, 0.4) is 0 Å². The number of phenolic OH excluding ortho intramolecular Hbond substituents is 1. The molecule has 1 aromatic carbocycles. The summed E-state index contributed by atoms with van der Waals surface area (Å²) in [5, 5.41) is 46.3. The van der Waals surface area contributed by atoms with E-state index in [4.69, 9.17) is 29.7 Å². The molecule has 0 aliphatic heterocycles. The van der Waals surface area contributed by atoms with Crippen LogP contribution in [0.4, 0.5) is 39.5 Å². The Bertz CT molecular complexity index is 1110. The smallest absolute Gasteiger partial charge is 0.430 e. The van der Waals surface area contributed by atoms with Gasteiger partial charge in [-0.25, -0.2) is 0 Å². The van der Waals surface area contributed by atoms with E-state index < -0.39 is 42.5 Å².